The predicted octanol–water partition coefficient (Wildman–Crippen LogP) is 2.39. The minimum atomic E-state index is -0.0876. The lowest BCUT2D eigenvalue weighted by Gasteiger charge is -2.22. The van der Waals surface area contributed by atoms with E-state index in [1.54, 1.807) is 12.1 Å². The number of ether oxygens (including phenoxy) is 1. The topological polar surface area (TPSA) is 12.5 Å². The quantitative estimate of drug-likeness (QED) is 0.556. The van der Waals surface area contributed by atoms with Gasteiger partial charge in [-0.3, -0.25) is 0 Å². The van der Waals surface area contributed by atoms with Gasteiger partial charge in [0.15, 0.2) is 0 Å². The lowest BCUT2D eigenvalue weighted by Crippen LogP contribution is -2.18. The SMILES string of the molecule is Fc1cccc2c1CCCC21CO1. The van der Waals surface area contributed by atoms with Crippen LogP contribution >= 0.6 is 0 Å². The maximum atomic E-state index is 13.4. The van der Waals surface area contributed by atoms with Crippen LogP contribution in [0.4, 0.5) is 4.39 Å². The Hall–Kier alpha value is -0.890. The van der Waals surface area contributed by atoms with E-state index in [0.29, 0.717) is 0 Å². The van der Waals surface area contributed by atoms with Crippen LogP contribution in [0.15, 0.2) is 18.2 Å². The molecule has 1 unspecified atom stereocenters. The summed E-state index contributed by atoms with van der Waals surface area (Å²) in [5, 5.41) is 0. The lowest BCUT2D eigenvalue weighted by molar-refractivity contribution is 0.275. The Morgan fingerprint density at radius 1 is 1.38 bits per heavy atom. The van der Waals surface area contributed by atoms with Gasteiger partial charge >= 0.3 is 0 Å². The standard InChI is InChI=1S/C11H11FO/c12-10-5-1-4-9-8(10)3-2-6-11(9)7-13-11/h1,4-5H,2-3,6-7H2. The zero-order valence-electron chi connectivity index (χ0n) is 7.35. The van der Waals surface area contributed by atoms with E-state index in [0.717, 1.165) is 37.0 Å². The molecule has 1 atom stereocenters. The fourth-order valence-corrected chi connectivity index (χ4v) is 2.31. The second-order valence-electron chi connectivity index (χ2n) is 3.90. The molecule has 1 heterocycles. The summed E-state index contributed by atoms with van der Waals surface area (Å²) in [6, 6.07) is 5.33. The second kappa shape index (κ2) is 2.32. The molecule has 3 rings (SSSR count). The van der Waals surface area contributed by atoms with Crippen molar-refractivity contribution >= 4 is 0 Å². The fraction of sp³-hybridized carbons (Fsp3) is 0.455. The van der Waals surface area contributed by atoms with Crippen molar-refractivity contribution in [1.82, 2.24) is 0 Å². The maximum Gasteiger partial charge on any atom is 0.126 e. The minimum absolute atomic E-state index is 0.0629. The normalized spacial score (nSPS) is 30.2. The third kappa shape index (κ3) is 0.953. The minimum Gasteiger partial charge on any atom is -0.364 e. The van der Waals surface area contributed by atoms with E-state index in [-0.39, 0.29) is 11.4 Å². The summed E-state index contributed by atoms with van der Waals surface area (Å²) in [6.45, 7) is 0.781. The van der Waals surface area contributed by atoms with Gasteiger partial charge in [0.25, 0.3) is 0 Å². The molecule has 1 saturated heterocycles. The van der Waals surface area contributed by atoms with Crippen LogP contribution in [0.2, 0.25) is 0 Å². The molecule has 1 nitrogen and oxygen atoms in total. The Bertz CT molecular complexity index is 355. The summed E-state index contributed by atoms with van der Waals surface area (Å²) in [5.41, 5.74) is 1.89. The summed E-state index contributed by atoms with van der Waals surface area (Å²) in [6.07, 6.45) is 2.98. The molecule has 0 amide bonds. The van der Waals surface area contributed by atoms with E-state index in [1.807, 2.05) is 6.07 Å². The number of halogens is 1. The van der Waals surface area contributed by atoms with Crippen LogP contribution in [0.1, 0.15) is 24.0 Å². The zero-order chi connectivity index (χ0) is 8.89. The van der Waals surface area contributed by atoms with Crippen LogP contribution in [0.3, 0.4) is 0 Å². The van der Waals surface area contributed by atoms with Crippen molar-refractivity contribution in [2.75, 3.05) is 6.61 Å². The van der Waals surface area contributed by atoms with Crippen molar-refractivity contribution < 1.29 is 9.13 Å². The van der Waals surface area contributed by atoms with E-state index in [4.69, 9.17) is 4.74 Å². The van der Waals surface area contributed by atoms with E-state index in [2.05, 4.69) is 0 Å². The van der Waals surface area contributed by atoms with E-state index in [9.17, 15) is 4.39 Å². The van der Waals surface area contributed by atoms with Gasteiger partial charge in [0.05, 0.1) is 6.61 Å². The Morgan fingerprint density at radius 2 is 2.23 bits per heavy atom. The Morgan fingerprint density at radius 3 is 3.00 bits per heavy atom. The van der Waals surface area contributed by atoms with Crippen LogP contribution < -0.4 is 0 Å². The maximum absolute atomic E-state index is 13.4. The molecule has 0 aromatic heterocycles. The average molecular weight is 178 g/mol. The second-order valence-corrected chi connectivity index (χ2v) is 3.90. The van der Waals surface area contributed by atoms with Crippen molar-refractivity contribution in [3.05, 3.63) is 35.1 Å². The van der Waals surface area contributed by atoms with Gasteiger partial charge in [0, 0.05) is 0 Å². The largest absolute Gasteiger partial charge is 0.364 e. The highest BCUT2D eigenvalue weighted by Gasteiger charge is 2.49. The molecule has 13 heavy (non-hydrogen) atoms. The van der Waals surface area contributed by atoms with Crippen molar-refractivity contribution in [3.63, 3.8) is 0 Å². The first-order chi connectivity index (χ1) is 6.32. The van der Waals surface area contributed by atoms with Gasteiger partial charge < -0.3 is 4.74 Å². The average Bonchev–Trinajstić information content (AvgIpc) is 2.89. The summed E-state index contributed by atoms with van der Waals surface area (Å²) in [7, 11) is 0. The Kier molecular flexibility index (Phi) is 1.34. The molecule has 1 spiro atoms. The zero-order valence-corrected chi connectivity index (χ0v) is 7.35. The summed E-state index contributed by atoms with van der Waals surface area (Å²) in [4.78, 5) is 0. The number of fused-ring (bicyclic) bond motifs is 2. The van der Waals surface area contributed by atoms with Crippen molar-refractivity contribution in [1.29, 1.82) is 0 Å². The molecule has 0 bridgehead atoms. The predicted molar refractivity (Wildman–Crippen MR) is 47.0 cm³/mol. The van der Waals surface area contributed by atoms with Gasteiger partial charge in [-0.2, -0.15) is 0 Å². The van der Waals surface area contributed by atoms with Crippen molar-refractivity contribution in [2.45, 2.75) is 24.9 Å². The number of benzene rings is 1. The van der Waals surface area contributed by atoms with Gasteiger partial charge in [0.1, 0.15) is 11.4 Å². The van der Waals surface area contributed by atoms with Crippen molar-refractivity contribution in [2.24, 2.45) is 0 Å². The molecular formula is C11H11FO. The van der Waals surface area contributed by atoms with Crippen LogP contribution in [0, 0.1) is 5.82 Å². The first-order valence-electron chi connectivity index (χ1n) is 4.74. The number of hydrogen-bond acceptors (Lipinski definition) is 1. The third-order valence-electron chi connectivity index (χ3n) is 3.11. The van der Waals surface area contributed by atoms with E-state index >= 15 is 0 Å². The van der Waals surface area contributed by atoms with Gasteiger partial charge in [-0.05, 0) is 36.5 Å². The molecule has 0 saturated carbocycles. The lowest BCUT2D eigenvalue weighted by atomic mass is 9.83. The van der Waals surface area contributed by atoms with Gasteiger partial charge in [0.2, 0.25) is 0 Å². The highest BCUT2D eigenvalue weighted by Crippen LogP contribution is 2.48. The molecular weight excluding hydrogens is 167 g/mol. The van der Waals surface area contributed by atoms with Crippen LogP contribution in [-0.4, -0.2) is 6.61 Å². The van der Waals surface area contributed by atoms with E-state index < -0.39 is 0 Å². The van der Waals surface area contributed by atoms with Crippen molar-refractivity contribution in [3.8, 4) is 0 Å². The highest BCUT2D eigenvalue weighted by molar-refractivity contribution is 5.38. The molecule has 1 aliphatic carbocycles. The monoisotopic (exact) mass is 178 g/mol. The molecule has 2 heteroatoms. The Balaban J connectivity index is 2.19. The molecule has 1 aromatic carbocycles. The fourth-order valence-electron chi connectivity index (χ4n) is 2.31. The molecule has 68 valence electrons. The summed E-state index contributed by atoms with van der Waals surface area (Å²) in [5.74, 6) is -0.0629. The number of epoxide rings is 1. The van der Waals surface area contributed by atoms with Crippen LogP contribution in [0.5, 0.6) is 0 Å². The first-order valence-corrected chi connectivity index (χ1v) is 4.74. The third-order valence-corrected chi connectivity index (χ3v) is 3.11. The van der Waals surface area contributed by atoms with Gasteiger partial charge in [-0.15, -0.1) is 0 Å². The van der Waals surface area contributed by atoms with Crippen LogP contribution in [0.25, 0.3) is 0 Å². The Labute approximate surface area is 76.5 Å². The van der Waals surface area contributed by atoms with Crippen LogP contribution in [-0.2, 0) is 16.8 Å². The van der Waals surface area contributed by atoms with Gasteiger partial charge in [-0.25, -0.2) is 4.39 Å². The molecule has 0 N–H and O–H groups in total. The number of rotatable bonds is 0. The smallest absolute Gasteiger partial charge is 0.126 e. The molecule has 0 radical (unpaired) electrons. The van der Waals surface area contributed by atoms with Gasteiger partial charge in [-0.1, -0.05) is 12.1 Å². The molecule has 1 fully saturated rings. The summed E-state index contributed by atoms with van der Waals surface area (Å²) >= 11 is 0. The highest BCUT2D eigenvalue weighted by atomic mass is 19.1. The van der Waals surface area contributed by atoms with E-state index in [1.165, 1.54) is 0 Å². The number of hydrogen-bond donors (Lipinski definition) is 0. The summed E-state index contributed by atoms with van der Waals surface area (Å²) < 4.78 is 18.8. The first kappa shape index (κ1) is 7.51. The molecule has 1 aliphatic heterocycles. The molecule has 2 aliphatic rings. The molecule has 1 aromatic rings.